The largest absolute Gasteiger partial charge is 0.416 e. The van der Waals surface area contributed by atoms with Gasteiger partial charge in [-0.25, -0.2) is 9.48 Å². The van der Waals surface area contributed by atoms with Crippen LogP contribution in [0.3, 0.4) is 0 Å². The molecule has 1 heterocycles. The highest BCUT2D eigenvalue weighted by molar-refractivity contribution is 6.30. The lowest BCUT2D eigenvalue weighted by Gasteiger charge is -2.27. The fraction of sp³-hybridized carbons (Fsp3) is 0.250. The number of nitrogens with one attached hydrogen (secondary N) is 1. The number of carbonyl (C=O) groups excluding carboxylic acids is 1. The summed E-state index contributed by atoms with van der Waals surface area (Å²) in [6.45, 7) is 2.14. The minimum absolute atomic E-state index is 0.0778. The Morgan fingerprint density at radius 3 is 2.02 bits per heavy atom. The van der Waals surface area contributed by atoms with Crippen LogP contribution in [0.25, 0.3) is 11.4 Å². The van der Waals surface area contributed by atoms with Crippen molar-refractivity contribution in [3.63, 3.8) is 0 Å². The second kappa shape index (κ2) is 11.1. The summed E-state index contributed by atoms with van der Waals surface area (Å²) in [5, 5.41) is 7.28. The van der Waals surface area contributed by atoms with Crippen LogP contribution in [0.15, 0.2) is 77.6 Å². The molecule has 0 fully saturated rings. The van der Waals surface area contributed by atoms with E-state index in [1.165, 1.54) is 38.1 Å². The smallest absolute Gasteiger partial charge is 0.346 e. The fourth-order valence-corrected chi connectivity index (χ4v) is 4.33. The molecule has 0 atom stereocenters. The van der Waals surface area contributed by atoms with E-state index in [0.717, 1.165) is 33.5 Å². The molecule has 1 aromatic heterocycles. The van der Waals surface area contributed by atoms with Crippen molar-refractivity contribution in [3.05, 3.63) is 111 Å². The molecule has 1 amide bonds. The van der Waals surface area contributed by atoms with E-state index in [1.54, 1.807) is 24.3 Å². The number of rotatable bonds is 7. The molecule has 3 aromatic carbocycles. The molecule has 216 valence electrons. The summed E-state index contributed by atoms with van der Waals surface area (Å²) >= 11 is 5.96. The predicted octanol–water partition coefficient (Wildman–Crippen LogP) is 6.50. The predicted molar refractivity (Wildman–Crippen MR) is 140 cm³/mol. The van der Waals surface area contributed by atoms with Gasteiger partial charge in [-0.05, 0) is 73.5 Å². The number of carbonyl (C=O) groups is 1. The molecule has 1 N–H and O–H groups in total. The quantitative estimate of drug-likeness (QED) is 0.248. The van der Waals surface area contributed by atoms with Crippen molar-refractivity contribution >= 4 is 17.5 Å². The van der Waals surface area contributed by atoms with Crippen molar-refractivity contribution in [2.45, 2.75) is 44.8 Å². The van der Waals surface area contributed by atoms with Crippen LogP contribution < -0.4 is 11.0 Å². The third-order valence-electron chi connectivity index (χ3n) is 6.28. The van der Waals surface area contributed by atoms with Crippen LogP contribution in [-0.2, 0) is 35.8 Å². The summed E-state index contributed by atoms with van der Waals surface area (Å²) in [5.74, 6) is -0.644. The van der Waals surface area contributed by atoms with Crippen LogP contribution in [0.1, 0.15) is 36.1 Å². The molecule has 0 aliphatic heterocycles. The average Bonchev–Trinajstić information content (AvgIpc) is 3.18. The molecule has 0 spiro atoms. The standard InChI is InChI=1S/C28H23ClF6N4O2/c1-26(2,19-6-4-8-21(14-19)28(33,34)35)36-23(40)16-39-25(41)38(24(37-39)18-9-11-22(29)12-10-18)15-17-5-3-7-20(13-17)27(30,31)32/h3-14H,15-16H2,1-2H3,(H,36,40). The van der Waals surface area contributed by atoms with Gasteiger partial charge in [0.2, 0.25) is 5.91 Å². The van der Waals surface area contributed by atoms with Crippen molar-refractivity contribution < 1.29 is 31.1 Å². The lowest BCUT2D eigenvalue weighted by atomic mass is 9.92. The van der Waals surface area contributed by atoms with Gasteiger partial charge in [0.05, 0.1) is 23.2 Å². The van der Waals surface area contributed by atoms with Gasteiger partial charge >= 0.3 is 18.0 Å². The number of hydrogen-bond donors (Lipinski definition) is 1. The summed E-state index contributed by atoms with van der Waals surface area (Å²) in [5.41, 5.74) is -3.02. The minimum Gasteiger partial charge on any atom is -0.346 e. The molecule has 4 aromatic rings. The van der Waals surface area contributed by atoms with Gasteiger partial charge < -0.3 is 5.32 Å². The Hall–Kier alpha value is -4.06. The van der Waals surface area contributed by atoms with Gasteiger partial charge in [0.15, 0.2) is 5.82 Å². The average molecular weight is 597 g/mol. The summed E-state index contributed by atoms with van der Waals surface area (Å²) in [7, 11) is 0. The molecule has 0 unspecified atom stereocenters. The number of amides is 1. The van der Waals surface area contributed by atoms with Gasteiger partial charge in [-0.15, -0.1) is 5.10 Å². The molecule has 0 aliphatic rings. The van der Waals surface area contributed by atoms with E-state index in [1.807, 2.05) is 0 Å². The molecule has 41 heavy (non-hydrogen) atoms. The first-order chi connectivity index (χ1) is 19.0. The second-order valence-electron chi connectivity index (χ2n) is 9.81. The van der Waals surface area contributed by atoms with E-state index in [4.69, 9.17) is 11.6 Å². The van der Waals surface area contributed by atoms with Crippen molar-refractivity contribution in [1.29, 1.82) is 0 Å². The zero-order chi connectivity index (χ0) is 30.2. The molecule has 0 saturated carbocycles. The Labute approximate surface area is 235 Å². The van der Waals surface area contributed by atoms with E-state index in [2.05, 4.69) is 10.4 Å². The van der Waals surface area contributed by atoms with Crippen molar-refractivity contribution in [1.82, 2.24) is 19.7 Å². The maximum atomic E-state index is 13.4. The van der Waals surface area contributed by atoms with Gasteiger partial charge in [-0.3, -0.25) is 9.36 Å². The highest BCUT2D eigenvalue weighted by Crippen LogP contribution is 2.32. The Balaban J connectivity index is 1.65. The van der Waals surface area contributed by atoms with Crippen LogP contribution in [-0.4, -0.2) is 20.3 Å². The number of nitrogens with zero attached hydrogens (tertiary/aromatic N) is 3. The van der Waals surface area contributed by atoms with Crippen LogP contribution in [0.5, 0.6) is 0 Å². The van der Waals surface area contributed by atoms with Gasteiger partial charge in [0.25, 0.3) is 0 Å². The second-order valence-corrected chi connectivity index (χ2v) is 10.2. The third-order valence-corrected chi connectivity index (χ3v) is 6.53. The molecular formula is C28H23ClF6N4O2. The fourth-order valence-electron chi connectivity index (χ4n) is 4.21. The monoisotopic (exact) mass is 596 g/mol. The molecule has 0 radical (unpaired) electrons. The molecule has 13 heteroatoms. The molecule has 4 rings (SSSR count). The number of hydrogen-bond acceptors (Lipinski definition) is 3. The first kappa shape index (κ1) is 29.9. The topological polar surface area (TPSA) is 68.9 Å². The summed E-state index contributed by atoms with van der Waals surface area (Å²) in [6, 6.07) is 15.2. The Kier molecular flexibility index (Phi) is 8.08. The summed E-state index contributed by atoms with van der Waals surface area (Å²) in [4.78, 5) is 26.3. The minimum atomic E-state index is -4.59. The number of aromatic nitrogens is 3. The molecular weight excluding hydrogens is 574 g/mol. The third kappa shape index (κ3) is 6.99. The summed E-state index contributed by atoms with van der Waals surface area (Å²) in [6.07, 6.45) is -9.16. The molecule has 0 aliphatic carbocycles. The Morgan fingerprint density at radius 2 is 1.41 bits per heavy atom. The Morgan fingerprint density at radius 1 is 0.854 bits per heavy atom. The molecule has 0 saturated heterocycles. The van der Waals surface area contributed by atoms with Crippen LogP contribution >= 0.6 is 11.6 Å². The van der Waals surface area contributed by atoms with E-state index in [9.17, 15) is 35.9 Å². The van der Waals surface area contributed by atoms with Crippen molar-refractivity contribution in [3.8, 4) is 11.4 Å². The van der Waals surface area contributed by atoms with E-state index in [-0.39, 0.29) is 23.5 Å². The van der Waals surface area contributed by atoms with Gasteiger partial charge in [-0.1, -0.05) is 35.9 Å². The van der Waals surface area contributed by atoms with E-state index >= 15 is 0 Å². The SMILES string of the molecule is CC(C)(NC(=O)Cn1nc(-c2ccc(Cl)cc2)n(Cc2cccc(C(F)(F)F)c2)c1=O)c1cccc(C(F)(F)F)c1. The zero-order valence-corrected chi connectivity index (χ0v) is 22.4. The number of benzene rings is 3. The first-order valence-corrected chi connectivity index (χ1v) is 12.5. The Bertz CT molecular complexity index is 1620. The lowest BCUT2D eigenvalue weighted by Crippen LogP contribution is -2.44. The number of alkyl halides is 6. The van der Waals surface area contributed by atoms with Crippen LogP contribution in [0, 0.1) is 0 Å². The lowest BCUT2D eigenvalue weighted by molar-refractivity contribution is -0.138. The summed E-state index contributed by atoms with van der Waals surface area (Å²) < 4.78 is 81.3. The van der Waals surface area contributed by atoms with Crippen molar-refractivity contribution in [2.75, 3.05) is 0 Å². The highest BCUT2D eigenvalue weighted by atomic mass is 35.5. The van der Waals surface area contributed by atoms with Gasteiger partial charge in [-0.2, -0.15) is 26.3 Å². The van der Waals surface area contributed by atoms with E-state index in [0.29, 0.717) is 10.6 Å². The molecule has 6 nitrogen and oxygen atoms in total. The maximum absolute atomic E-state index is 13.4. The van der Waals surface area contributed by atoms with Crippen LogP contribution in [0.2, 0.25) is 5.02 Å². The normalized spacial score (nSPS) is 12.4. The van der Waals surface area contributed by atoms with Crippen molar-refractivity contribution in [2.24, 2.45) is 0 Å². The maximum Gasteiger partial charge on any atom is 0.416 e. The van der Waals surface area contributed by atoms with Gasteiger partial charge in [0, 0.05) is 10.6 Å². The highest BCUT2D eigenvalue weighted by Gasteiger charge is 2.33. The van der Waals surface area contributed by atoms with Gasteiger partial charge in [0.1, 0.15) is 6.54 Å². The van der Waals surface area contributed by atoms with E-state index < -0.39 is 47.2 Å². The first-order valence-electron chi connectivity index (χ1n) is 12.1. The zero-order valence-electron chi connectivity index (χ0n) is 21.6. The molecule has 0 bridgehead atoms. The number of halogens is 7. The van der Waals surface area contributed by atoms with Crippen LogP contribution in [0.4, 0.5) is 26.3 Å².